The number of rotatable bonds is 5. The van der Waals surface area contributed by atoms with Gasteiger partial charge in [0.05, 0.1) is 17.3 Å². The number of hydrogen-bond acceptors (Lipinski definition) is 3. The van der Waals surface area contributed by atoms with Crippen LogP contribution in [0.15, 0.2) is 42.7 Å². The third-order valence-corrected chi connectivity index (χ3v) is 3.13. The molecular formula is C14H13Cl2N3O. The van der Waals surface area contributed by atoms with E-state index in [0.29, 0.717) is 22.3 Å². The van der Waals surface area contributed by atoms with Crippen LogP contribution >= 0.6 is 23.2 Å². The first-order valence-corrected chi connectivity index (χ1v) is 6.75. The lowest BCUT2D eigenvalue weighted by Crippen LogP contribution is -2.27. The minimum Gasteiger partial charge on any atom is -0.324 e. The van der Waals surface area contributed by atoms with Gasteiger partial charge in [0.2, 0.25) is 5.91 Å². The van der Waals surface area contributed by atoms with Crippen molar-refractivity contribution in [3.05, 3.63) is 58.3 Å². The molecule has 2 aromatic rings. The van der Waals surface area contributed by atoms with E-state index in [1.165, 1.54) is 0 Å². The van der Waals surface area contributed by atoms with Crippen molar-refractivity contribution < 1.29 is 4.79 Å². The maximum atomic E-state index is 11.8. The van der Waals surface area contributed by atoms with Crippen LogP contribution in [0.5, 0.6) is 0 Å². The fraction of sp³-hybridized carbons (Fsp3) is 0.143. The van der Waals surface area contributed by atoms with Crippen LogP contribution < -0.4 is 10.6 Å². The first kappa shape index (κ1) is 14.8. The monoisotopic (exact) mass is 309 g/mol. The molecule has 4 nitrogen and oxygen atoms in total. The highest BCUT2D eigenvalue weighted by atomic mass is 35.5. The third kappa shape index (κ3) is 4.49. The topological polar surface area (TPSA) is 54.0 Å². The highest BCUT2D eigenvalue weighted by Crippen LogP contribution is 2.25. The van der Waals surface area contributed by atoms with Gasteiger partial charge in [-0.25, -0.2) is 0 Å². The summed E-state index contributed by atoms with van der Waals surface area (Å²) in [5.74, 6) is -0.178. The summed E-state index contributed by atoms with van der Waals surface area (Å²) >= 11 is 11.8. The van der Waals surface area contributed by atoms with Crippen LogP contribution in [0.1, 0.15) is 5.56 Å². The number of halogens is 2. The van der Waals surface area contributed by atoms with E-state index in [0.717, 1.165) is 5.56 Å². The Morgan fingerprint density at radius 1 is 1.15 bits per heavy atom. The van der Waals surface area contributed by atoms with Gasteiger partial charge in [0.25, 0.3) is 0 Å². The second-order valence-electron chi connectivity index (χ2n) is 4.13. The Bertz CT molecular complexity index is 590. The van der Waals surface area contributed by atoms with Crippen molar-refractivity contribution in [1.82, 2.24) is 10.3 Å². The standard InChI is InChI=1S/C14H13Cl2N3O/c15-11-1-2-12(16)13(7-11)19-14(20)9-18-8-10-3-5-17-6-4-10/h1-7,18H,8-9H2,(H,19,20). The Labute approximate surface area is 127 Å². The molecule has 0 saturated carbocycles. The highest BCUT2D eigenvalue weighted by molar-refractivity contribution is 6.35. The number of anilines is 1. The number of benzene rings is 1. The van der Waals surface area contributed by atoms with Gasteiger partial charge in [0, 0.05) is 24.0 Å². The summed E-state index contributed by atoms with van der Waals surface area (Å²) in [4.78, 5) is 15.7. The molecule has 0 bridgehead atoms. The quantitative estimate of drug-likeness (QED) is 0.892. The number of carbonyl (C=O) groups excluding carboxylic acids is 1. The van der Waals surface area contributed by atoms with Gasteiger partial charge in [0.1, 0.15) is 0 Å². The van der Waals surface area contributed by atoms with Crippen molar-refractivity contribution in [3.8, 4) is 0 Å². The molecule has 2 rings (SSSR count). The zero-order valence-electron chi connectivity index (χ0n) is 10.6. The smallest absolute Gasteiger partial charge is 0.238 e. The fourth-order valence-corrected chi connectivity index (χ4v) is 1.95. The summed E-state index contributed by atoms with van der Waals surface area (Å²) in [7, 11) is 0. The molecule has 20 heavy (non-hydrogen) atoms. The summed E-state index contributed by atoms with van der Waals surface area (Å²) in [6.45, 7) is 0.782. The molecule has 0 aliphatic rings. The van der Waals surface area contributed by atoms with Crippen molar-refractivity contribution in [3.63, 3.8) is 0 Å². The van der Waals surface area contributed by atoms with E-state index in [4.69, 9.17) is 23.2 Å². The number of pyridine rings is 1. The minimum atomic E-state index is -0.178. The lowest BCUT2D eigenvalue weighted by molar-refractivity contribution is -0.115. The second-order valence-corrected chi connectivity index (χ2v) is 4.97. The minimum absolute atomic E-state index is 0.178. The summed E-state index contributed by atoms with van der Waals surface area (Å²) in [5, 5.41) is 6.73. The van der Waals surface area contributed by atoms with Gasteiger partial charge in [-0.2, -0.15) is 0 Å². The third-order valence-electron chi connectivity index (χ3n) is 2.57. The molecule has 0 spiro atoms. The van der Waals surface area contributed by atoms with Crippen LogP contribution in [0.4, 0.5) is 5.69 Å². The molecule has 0 saturated heterocycles. The second kappa shape index (κ2) is 7.24. The van der Waals surface area contributed by atoms with Gasteiger partial charge in [-0.1, -0.05) is 23.2 Å². The van der Waals surface area contributed by atoms with E-state index in [-0.39, 0.29) is 12.5 Å². The number of aromatic nitrogens is 1. The van der Waals surface area contributed by atoms with Gasteiger partial charge in [0.15, 0.2) is 0 Å². The molecule has 0 radical (unpaired) electrons. The summed E-state index contributed by atoms with van der Waals surface area (Å²) < 4.78 is 0. The lowest BCUT2D eigenvalue weighted by atomic mass is 10.3. The highest BCUT2D eigenvalue weighted by Gasteiger charge is 2.06. The molecular weight excluding hydrogens is 297 g/mol. The molecule has 2 N–H and O–H groups in total. The van der Waals surface area contributed by atoms with Gasteiger partial charge in [-0.05, 0) is 35.9 Å². The van der Waals surface area contributed by atoms with Crippen LogP contribution in [0.2, 0.25) is 10.0 Å². The van der Waals surface area contributed by atoms with Gasteiger partial charge < -0.3 is 10.6 Å². The Balaban J connectivity index is 1.82. The Kier molecular flexibility index (Phi) is 5.35. The molecule has 6 heteroatoms. The molecule has 1 heterocycles. The van der Waals surface area contributed by atoms with Gasteiger partial charge in [-0.3, -0.25) is 9.78 Å². The number of amides is 1. The van der Waals surface area contributed by atoms with E-state index in [1.54, 1.807) is 30.6 Å². The maximum absolute atomic E-state index is 11.8. The lowest BCUT2D eigenvalue weighted by Gasteiger charge is -2.08. The first-order chi connectivity index (χ1) is 9.65. The van der Waals surface area contributed by atoms with Crippen LogP contribution in [0.3, 0.4) is 0 Å². The van der Waals surface area contributed by atoms with Crippen molar-refractivity contribution in [2.24, 2.45) is 0 Å². The maximum Gasteiger partial charge on any atom is 0.238 e. The molecule has 0 unspecified atom stereocenters. The fourth-order valence-electron chi connectivity index (χ4n) is 1.61. The van der Waals surface area contributed by atoms with Crippen LogP contribution in [-0.2, 0) is 11.3 Å². The molecule has 1 aromatic heterocycles. The Hall–Kier alpha value is -1.62. The van der Waals surface area contributed by atoms with Crippen LogP contribution in [0.25, 0.3) is 0 Å². The van der Waals surface area contributed by atoms with E-state index in [9.17, 15) is 4.79 Å². The zero-order valence-corrected chi connectivity index (χ0v) is 12.1. The molecule has 104 valence electrons. The van der Waals surface area contributed by atoms with E-state index < -0.39 is 0 Å². The molecule has 0 aliphatic heterocycles. The van der Waals surface area contributed by atoms with Crippen molar-refractivity contribution in [2.75, 3.05) is 11.9 Å². The number of carbonyl (C=O) groups is 1. The number of nitrogens with one attached hydrogen (secondary N) is 2. The number of nitrogens with zero attached hydrogens (tertiary/aromatic N) is 1. The van der Waals surface area contributed by atoms with Crippen LogP contribution in [-0.4, -0.2) is 17.4 Å². The largest absolute Gasteiger partial charge is 0.324 e. The van der Waals surface area contributed by atoms with Gasteiger partial charge >= 0.3 is 0 Å². The average Bonchev–Trinajstić information content (AvgIpc) is 2.44. The SMILES string of the molecule is O=C(CNCc1ccncc1)Nc1cc(Cl)ccc1Cl. The van der Waals surface area contributed by atoms with Crippen molar-refractivity contribution in [1.29, 1.82) is 0 Å². The molecule has 1 aromatic carbocycles. The van der Waals surface area contributed by atoms with E-state index in [1.807, 2.05) is 12.1 Å². The Morgan fingerprint density at radius 3 is 2.65 bits per heavy atom. The molecule has 0 atom stereocenters. The first-order valence-electron chi connectivity index (χ1n) is 5.99. The van der Waals surface area contributed by atoms with Crippen LogP contribution in [0, 0.1) is 0 Å². The Morgan fingerprint density at radius 2 is 1.90 bits per heavy atom. The zero-order chi connectivity index (χ0) is 14.4. The predicted molar refractivity (Wildman–Crippen MR) is 81.0 cm³/mol. The normalized spacial score (nSPS) is 10.3. The van der Waals surface area contributed by atoms with E-state index in [2.05, 4.69) is 15.6 Å². The summed E-state index contributed by atoms with van der Waals surface area (Å²) in [5.41, 5.74) is 1.57. The molecule has 0 aliphatic carbocycles. The average molecular weight is 310 g/mol. The van der Waals surface area contributed by atoms with E-state index >= 15 is 0 Å². The van der Waals surface area contributed by atoms with Gasteiger partial charge in [-0.15, -0.1) is 0 Å². The van der Waals surface area contributed by atoms with Crippen molar-refractivity contribution in [2.45, 2.75) is 6.54 Å². The number of hydrogen-bond donors (Lipinski definition) is 2. The van der Waals surface area contributed by atoms with Crippen molar-refractivity contribution >= 4 is 34.8 Å². The molecule has 0 fully saturated rings. The molecule has 1 amide bonds. The summed E-state index contributed by atoms with van der Waals surface area (Å²) in [6, 6.07) is 8.70. The summed E-state index contributed by atoms with van der Waals surface area (Å²) in [6.07, 6.45) is 3.42. The predicted octanol–water partition coefficient (Wildman–Crippen LogP) is 3.12.